The Bertz CT molecular complexity index is 753. The minimum absolute atomic E-state index is 0.136. The number of para-hydroxylation sites is 1. The van der Waals surface area contributed by atoms with Crippen LogP contribution in [-0.2, 0) is 25.5 Å². The molecule has 0 spiro atoms. The second kappa shape index (κ2) is 11.7. The van der Waals surface area contributed by atoms with E-state index in [-0.39, 0.29) is 30.5 Å². The highest BCUT2D eigenvalue weighted by Gasteiger charge is 2.50. The normalized spacial score (nSPS) is 17.8. The Morgan fingerprint density at radius 2 is 1.84 bits per heavy atom. The molecule has 1 aliphatic rings. The maximum Gasteiger partial charge on any atom is 0.316 e. The number of esters is 2. The van der Waals surface area contributed by atoms with Crippen molar-refractivity contribution in [3.05, 3.63) is 29.8 Å². The zero-order chi connectivity index (χ0) is 23.8. The first-order valence-corrected chi connectivity index (χ1v) is 11.6. The fourth-order valence-electron chi connectivity index (χ4n) is 4.21. The molecule has 1 aromatic carbocycles. The molecule has 32 heavy (non-hydrogen) atoms. The van der Waals surface area contributed by atoms with Crippen LogP contribution in [0.1, 0.15) is 65.4 Å². The molecule has 0 aliphatic carbocycles. The number of nitrogens with one attached hydrogen (secondary N) is 1. The van der Waals surface area contributed by atoms with Crippen LogP contribution in [0, 0.1) is 5.41 Å². The SMILES string of the molecule is CCCC(Oc1ccccc1CC(N)CC(=O)OC)C1(C(=O)OC(C)(C)C)CCNCC1. The van der Waals surface area contributed by atoms with Crippen LogP contribution in [0.4, 0.5) is 0 Å². The minimum atomic E-state index is -0.713. The summed E-state index contributed by atoms with van der Waals surface area (Å²) in [5.74, 6) is 0.177. The maximum atomic E-state index is 13.5. The van der Waals surface area contributed by atoms with Crippen molar-refractivity contribution in [1.82, 2.24) is 5.32 Å². The van der Waals surface area contributed by atoms with Crippen LogP contribution in [0.15, 0.2) is 24.3 Å². The number of rotatable bonds is 10. The van der Waals surface area contributed by atoms with Gasteiger partial charge in [-0.2, -0.15) is 0 Å². The van der Waals surface area contributed by atoms with E-state index in [4.69, 9.17) is 19.9 Å². The summed E-state index contributed by atoms with van der Waals surface area (Å²) in [5, 5.41) is 3.36. The van der Waals surface area contributed by atoms with Crippen molar-refractivity contribution in [1.29, 1.82) is 0 Å². The predicted molar refractivity (Wildman–Crippen MR) is 124 cm³/mol. The van der Waals surface area contributed by atoms with E-state index in [1.807, 2.05) is 45.0 Å². The standard InChI is InChI=1S/C25H40N2O5/c1-6-9-21(25(12-14-27-15-13-25)23(29)32-24(2,3)4)31-20-11-8-7-10-18(20)16-19(26)17-22(28)30-5/h7-8,10-11,19,21,27H,6,9,12-17,26H2,1-5H3. The first kappa shape index (κ1) is 26.1. The average molecular weight is 449 g/mol. The number of carbonyl (C=O) groups is 2. The fourth-order valence-corrected chi connectivity index (χ4v) is 4.21. The number of benzene rings is 1. The molecule has 3 N–H and O–H groups in total. The molecule has 7 nitrogen and oxygen atoms in total. The molecule has 180 valence electrons. The number of ether oxygens (including phenoxy) is 3. The second-order valence-electron chi connectivity index (χ2n) is 9.66. The van der Waals surface area contributed by atoms with Gasteiger partial charge >= 0.3 is 11.9 Å². The van der Waals surface area contributed by atoms with E-state index in [9.17, 15) is 9.59 Å². The maximum absolute atomic E-state index is 13.5. The lowest BCUT2D eigenvalue weighted by molar-refractivity contribution is -0.177. The van der Waals surface area contributed by atoms with Crippen molar-refractivity contribution in [3.8, 4) is 5.75 Å². The van der Waals surface area contributed by atoms with Gasteiger partial charge in [0.25, 0.3) is 0 Å². The quantitative estimate of drug-likeness (QED) is 0.529. The number of piperidine rings is 1. The Morgan fingerprint density at radius 3 is 2.44 bits per heavy atom. The van der Waals surface area contributed by atoms with Crippen molar-refractivity contribution < 1.29 is 23.8 Å². The summed E-state index contributed by atoms with van der Waals surface area (Å²) in [4.78, 5) is 25.1. The first-order valence-electron chi connectivity index (χ1n) is 11.6. The van der Waals surface area contributed by atoms with Gasteiger partial charge in [0.1, 0.15) is 22.9 Å². The third-order valence-electron chi connectivity index (χ3n) is 5.85. The topological polar surface area (TPSA) is 99.9 Å². The first-order chi connectivity index (χ1) is 15.1. The third kappa shape index (κ3) is 7.20. The zero-order valence-corrected chi connectivity index (χ0v) is 20.2. The van der Waals surface area contributed by atoms with Crippen LogP contribution in [0.2, 0.25) is 0 Å². The Morgan fingerprint density at radius 1 is 1.19 bits per heavy atom. The van der Waals surface area contributed by atoms with Gasteiger partial charge in [-0.15, -0.1) is 0 Å². The van der Waals surface area contributed by atoms with Gasteiger partial charge in [0.15, 0.2) is 0 Å². The Kier molecular flexibility index (Phi) is 9.52. The molecule has 0 saturated carbocycles. The fraction of sp³-hybridized carbons (Fsp3) is 0.680. The monoisotopic (exact) mass is 448 g/mol. The van der Waals surface area contributed by atoms with Crippen molar-refractivity contribution >= 4 is 11.9 Å². The van der Waals surface area contributed by atoms with Crippen molar-refractivity contribution in [2.24, 2.45) is 11.1 Å². The van der Waals surface area contributed by atoms with E-state index >= 15 is 0 Å². The summed E-state index contributed by atoms with van der Waals surface area (Å²) in [6.45, 7) is 9.27. The molecule has 0 radical (unpaired) electrons. The molecule has 2 rings (SSSR count). The highest BCUT2D eigenvalue weighted by molar-refractivity contribution is 5.78. The summed E-state index contributed by atoms with van der Waals surface area (Å²) in [6.07, 6.45) is 3.24. The van der Waals surface area contributed by atoms with Crippen LogP contribution in [-0.4, -0.2) is 49.9 Å². The van der Waals surface area contributed by atoms with Gasteiger partial charge in [0.2, 0.25) is 0 Å². The van der Waals surface area contributed by atoms with Gasteiger partial charge < -0.3 is 25.3 Å². The van der Waals surface area contributed by atoms with E-state index in [0.29, 0.717) is 25.0 Å². The molecule has 1 aromatic rings. The number of methoxy groups -OCH3 is 1. The number of carbonyl (C=O) groups excluding carboxylic acids is 2. The highest BCUT2D eigenvalue weighted by atomic mass is 16.6. The van der Waals surface area contributed by atoms with E-state index in [1.54, 1.807) is 0 Å². The van der Waals surface area contributed by atoms with Crippen LogP contribution < -0.4 is 15.8 Å². The Balaban J connectivity index is 2.31. The molecule has 0 aromatic heterocycles. The number of hydrogen-bond donors (Lipinski definition) is 2. The van der Waals surface area contributed by atoms with Crippen molar-refractivity contribution in [3.63, 3.8) is 0 Å². The second-order valence-corrected chi connectivity index (χ2v) is 9.66. The third-order valence-corrected chi connectivity index (χ3v) is 5.85. The van der Waals surface area contributed by atoms with Crippen LogP contribution >= 0.6 is 0 Å². The number of nitrogens with two attached hydrogens (primary N) is 1. The van der Waals surface area contributed by atoms with Crippen LogP contribution in [0.3, 0.4) is 0 Å². The molecular formula is C25H40N2O5. The minimum Gasteiger partial charge on any atom is -0.489 e. The van der Waals surface area contributed by atoms with Gasteiger partial charge in [-0.3, -0.25) is 9.59 Å². The van der Waals surface area contributed by atoms with Gasteiger partial charge in [0.05, 0.1) is 13.5 Å². The molecule has 2 unspecified atom stereocenters. The summed E-state index contributed by atoms with van der Waals surface area (Å²) < 4.78 is 17.2. The molecule has 1 aliphatic heterocycles. The average Bonchev–Trinajstić information content (AvgIpc) is 2.73. The van der Waals surface area contributed by atoms with Gasteiger partial charge in [-0.1, -0.05) is 31.5 Å². The van der Waals surface area contributed by atoms with Crippen molar-refractivity contribution in [2.45, 2.75) is 84.0 Å². The molecule has 1 fully saturated rings. The summed E-state index contributed by atoms with van der Waals surface area (Å²) in [6, 6.07) is 7.33. The smallest absolute Gasteiger partial charge is 0.316 e. The molecule has 7 heteroatoms. The predicted octanol–water partition coefficient (Wildman–Crippen LogP) is 3.38. The zero-order valence-electron chi connectivity index (χ0n) is 20.2. The van der Waals surface area contributed by atoms with Gasteiger partial charge in [-0.25, -0.2) is 0 Å². The largest absolute Gasteiger partial charge is 0.489 e. The summed E-state index contributed by atoms with van der Waals surface area (Å²) in [7, 11) is 1.36. The van der Waals surface area contributed by atoms with Crippen LogP contribution in [0.5, 0.6) is 5.75 Å². The molecule has 0 bridgehead atoms. The molecular weight excluding hydrogens is 408 g/mol. The summed E-state index contributed by atoms with van der Waals surface area (Å²) in [5.41, 5.74) is 5.83. The van der Waals surface area contributed by atoms with Crippen LogP contribution in [0.25, 0.3) is 0 Å². The molecule has 0 amide bonds. The van der Waals surface area contributed by atoms with E-state index in [2.05, 4.69) is 12.2 Å². The lowest BCUT2D eigenvalue weighted by Gasteiger charge is -2.43. The van der Waals surface area contributed by atoms with E-state index in [1.165, 1.54) is 7.11 Å². The molecule has 1 saturated heterocycles. The lowest BCUT2D eigenvalue weighted by Crippen LogP contribution is -2.53. The Hall–Kier alpha value is -2.12. The molecule has 1 heterocycles. The Labute approximate surface area is 192 Å². The molecule has 2 atom stereocenters. The van der Waals surface area contributed by atoms with E-state index in [0.717, 1.165) is 31.5 Å². The van der Waals surface area contributed by atoms with Gasteiger partial charge in [0, 0.05) is 6.04 Å². The van der Waals surface area contributed by atoms with E-state index < -0.39 is 11.0 Å². The van der Waals surface area contributed by atoms with Crippen molar-refractivity contribution in [2.75, 3.05) is 20.2 Å². The summed E-state index contributed by atoms with van der Waals surface area (Å²) >= 11 is 0. The highest BCUT2D eigenvalue weighted by Crippen LogP contribution is 2.40. The number of hydrogen-bond acceptors (Lipinski definition) is 7. The van der Waals surface area contributed by atoms with Gasteiger partial charge in [-0.05, 0) is 71.2 Å². The lowest BCUT2D eigenvalue weighted by atomic mass is 9.72.